The Balaban J connectivity index is 3.54. The van der Waals surface area contributed by atoms with Crippen molar-refractivity contribution in [2.45, 2.75) is 17.8 Å². The normalized spacial score (nSPS) is 12.9. The van der Waals surface area contributed by atoms with E-state index >= 15 is 0 Å². The predicted octanol–water partition coefficient (Wildman–Crippen LogP) is 3.64. The summed E-state index contributed by atoms with van der Waals surface area (Å²) in [5.41, 5.74) is 0. The van der Waals surface area contributed by atoms with Crippen molar-refractivity contribution in [3.63, 3.8) is 0 Å². The zero-order valence-corrected chi connectivity index (χ0v) is 13.5. The molecule has 0 heterocycles. The summed E-state index contributed by atoms with van der Waals surface area (Å²) in [6.07, 6.45) is 0. The number of hydrogen-bond donors (Lipinski definition) is 0. The molecule has 0 aliphatic heterocycles. The maximum absolute atomic E-state index is 2.65. The monoisotopic (exact) mass is 544 g/mol. The topological polar surface area (TPSA) is 0 Å². The Kier molecular flexibility index (Phi) is 5.70. The van der Waals surface area contributed by atoms with E-state index in [1.807, 2.05) is 0 Å². The third-order valence-corrected chi connectivity index (χ3v) is 29.5. The van der Waals surface area contributed by atoms with Gasteiger partial charge in [-0.3, -0.25) is 0 Å². The molecule has 0 N–H and O–H groups in total. The van der Waals surface area contributed by atoms with Gasteiger partial charge in [0.1, 0.15) is 0 Å². The van der Waals surface area contributed by atoms with Gasteiger partial charge < -0.3 is 0 Å². The van der Waals surface area contributed by atoms with E-state index in [9.17, 15) is 0 Å². The second-order valence-electron chi connectivity index (χ2n) is 1.70. The van der Waals surface area contributed by atoms with E-state index in [2.05, 4.69) is 69.7 Å². The SMILES string of the molecule is C[CH](C)[Sn]([I])([I])[I]. The summed E-state index contributed by atoms with van der Waals surface area (Å²) < 4.78 is 0.969. The molecule has 0 aliphatic carbocycles. The zero-order valence-electron chi connectivity index (χ0n) is 4.21. The van der Waals surface area contributed by atoms with Crippen LogP contribution < -0.4 is 0 Å². The minimum absolute atomic E-state index is 0.969. The Morgan fingerprint density at radius 1 is 1.14 bits per heavy atom. The van der Waals surface area contributed by atoms with E-state index in [1.165, 1.54) is 0 Å². The fourth-order valence-electron chi connectivity index (χ4n) is 0. The maximum atomic E-state index is 2.65. The molecule has 0 spiro atoms. The molecule has 44 valence electrons. The average molecular weight is 543 g/mol. The molecule has 0 saturated heterocycles. The molecule has 0 rings (SSSR count). The van der Waals surface area contributed by atoms with Crippen molar-refractivity contribution in [2.24, 2.45) is 0 Å². The molecule has 0 bridgehead atoms. The van der Waals surface area contributed by atoms with Crippen LogP contribution in [0.1, 0.15) is 13.8 Å². The molecule has 0 nitrogen and oxygen atoms in total. The summed E-state index contributed by atoms with van der Waals surface area (Å²) in [4.78, 5) is 0. The molecule has 0 aromatic heterocycles. The summed E-state index contributed by atoms with van der Waals surface area (Å²) in [7, 11) is 0. The van der Waals surface area contributed by atoms with Crippen molar-refractivity contribution in [3.8, 4) is 0 Å². The van der Waals surface area contributed by atoms with Crippen LogP contribution in [-0.4, -0.2) is 6.47 Å². The van der Waals surface area contributed by atoms with Crippen LogP contribution in [0.3, 0.4) is 0 Å². The van der Waals surface area contributed by atoms with Gasteiger partial charge in [0.2, 0.25) is 0 Å². The summed E-state index contributed by atoms with van der Waals surface area (Å²) in [5, 5.41) is 0. The van der Waals surface area contributed by atoms with Gasteiger partial charge in [0.25, 0.3) is 0 Å². The fourth-order valence-corrected chi connectivity index (χ4v) is 0. The molecule has 7 heavy (non-hydrogen) atoms. The van der Waals surface area contributed by atoms with Gasteiger partial charge in [-0.15, -0.1) is 0 Å². The van der Waals surface area contributed by atoms with Crippen LogP contribution in [0.5, 0.6) is 0 Å². The fraction of sp³-hybridized carbons (Fsp3) is 1.00. The van der Waals surface area contributed by atoms with Crippen LogP contribution in [0.2, 0.25) is 3.93 Å². The first-order chi connectivity index (χ1) is 2.94. The van der Waals surface area contributed by atoms with Crippen LogP contribution in [0.25, 0.3) is 0 Å². The Morgan fingerprint density at radius 2 is 1.29 bits per heavy atom. The number of halogens is 3. The summed E-state index contributed by atoms with van der Waals surface area (Å²) in [6.45, 7) is 3.18. The van der Waals surface area contributed by atoms with E-state index < -0.39 is 6.47 Å². The van der Waals surface area contributed by atoms with E-state index in [-0.39, 0.29) is 0 Å². The van der Waals surface area contributed by atoms with Crippen molar-refractivity contribution in [3.05, 3.63) is 0 Å². The first-order valence-electron chi connectivity index (χ1n) is 2.01. The summed E-state index contributed by atoms with van der Waals surface area (Å²) >= 11 is 7.95. The molecule has 0 atom stereocenters. The summed E-state index contributed by atoms with van der Waals surface area (Å²) in [5.74, 6) is 0. The van der Waals surface area contributed by atoms with Crippen molar-refractivity contribution >= 4 is 62.4 Å². The van der Waals surface area contributed by atoms with Crippen LogP contribution >= 0.6 is 55.9 Å². The van der Waals surface area contributed by atoms with Gasteiger partial charge in [-0.05, 0) is 0 Å². The number of rotatable bonds is 1. The third kappa shape index (κ3) is 5.43. The second kappa shape index (κ2) is 3.99. The van der Waals surface area contributed by atoms with Crippen LogP contribution in [-0.2, 0) is 0 Å². The van der Waals surface area contributed by atoms with Crippen molar-refractivity contribution in [1.82, 2.24) is 0 Å². The molecule has 0 aromatic rings. The van der Waals surface area contributed by atoms with Gasteiger partial charge in [-0.1, -0.05) is 0 Å². The van der Waals surface area contributed by atoms with E-state index in [0.29, 0.717) is 0 Å². The van der Waals surface area contributed by atoms with E-state index in [4.69, 9.17) is 0 Å². The summed E-state index contributed by atoms with van der Waals surface area (Å²) in [6, 6.07) is 0. The molecule has 0 fully saturated rings. The van der Waals surface area contributed by atoms with Crippen molar-refractivity contribution < 1.29 is 0 Å². The third-order valence-electron chi connectivity index (χ3n) is 0.655. The van der Waals surface area contributed by atoms with Gasteiger partial charge in [-0.2, -0.15) is 0 Å². The minimum atomic E-state index is -1.46. The van der Waals surface area contributed by atoms with Gasteiger partial charge in [0, 0.05) is 0 Å². The first kappa shape index (κ1) is 9.99. The van der Waals surface area contributed by atoms with Gasteiger partial charge in [0.15, 0.2) is 0 Å². The number of hydrogen-bond acceptors (Lipinski definition) is 0. The van der Waals surface area contributed by atoms with Crippen LogP contribution in [0.4, 0.5) is 0 Å². The van der Waals surface area contributed by atoms with Gasteiger partial charge in [0.05, 0.1) is 0 Å². The molecule has 0 aromatic carbocycles. The quantitative estimate of drug-likeness (QED) is 0.351. The first-order valence-corrected chi connectivity index (χ1v) is 28.6. The van der Waals surface area contributed by atoms with Crippen molar-refractivity contribution in [2.75, 3.05) is 0 Å². The van der Waals surface area contributed by atoms with Crippen LogP contribution in [0.15, 0.2) is 0 Å². The Morgan fingerprint density at radius 3 is 1.29 bits per heavy atom. The Labute approximate surface area is 78.0 Å². The molecule has 0 amide bonds. The molecule has 0 radical (unpaired) electrons. The standard InChI is InChI=1S/C3H7.3HI.Sn/c1-3-2;;;;/h3H,1-2H3;3*1H;/q;;;;+3/p-3. The molecule has 0 aliphatic rings. The van der Waals surface area contributed by atoms with E-state index in [1.54, 1.807) is 0 Å². The van der Waals surface area contributed by atoms with E-state index in [0.717, 1.165) is 3.93 Å². The second-order valence-corrected chi connectivity index (χ2v) is 83.9. The van der Waals surface area contributed by atoms with Crippen LogP contribution in [0, 0.1) is 0 Å². The molecular weight excluding hydrogens is 535 g/mol. The average Bonchev–Trinajstić information content (AvgIpc) is 1.31. The van der Waals surface area contributed by atoms with Gasteiger partial charge in [-0.25, -0.2) is 0 Å². The van der Waals surface area contributed by atoms with Gasteiger partial charge >= 0.3 is 80.2 Å². The molecular formula is C3H7I3Sn. The van der Waals surface area contributed by atoms with Crippen molar-refractivity contribution in [1.29, 1.82) is 0 Å². The molecule has 0 unspecified atom stereocenters. The molecule has 0 saturated carbocycles. The molecule has 4 heteroatoms. The zero-order chi connectivity index (χ0) is 6.08. The predicted molar refractivity (Wildman–Crippen MR) is 62.9 cm³/mol. The Hall–Kier alpha value is 2.99. The Bertz CT molecular complexity index is 55.7.